The van der Waals surface area contributed by atoms with Gasteiger partial charge in [0.15, 0.2) is 5.78 Å². The number of rotatable bonds is 2. The Balaban J connectivity index is 2.81. The van der Waals surface area contributed by atoms with Crippen LogP contribution in [0.15, 0.2) is 6.20 Å². The SMILES string of the molecule is [2H]C([2H])([2H])C([2H])(N1c2nc(Cl)ncc2CC(=O)[C@H]1CC)C([2H])([2H])[2H]. The van der Waals surface area contributed by atoms with Crippen LogP contribution in [0.25, 0.3) is 0 Å². The molecule has 17 heavy (non-hydrogen) atoms. The average Bonchev–Trinajstić information content (AvgIpc) is 2.43. The largest absolute Gasteiger partial charge is 0.344 e. The third kappa shape index (κ3) is 2.14. The van der Waals surface area contributed by atoms with E-state index in [9.17, 15) is 4.79 Å². The van der Waals surface area contributed by atoms with E-state index in [1.165, 1.54) is 6.20 Å². The first-order valence-corrected chi connectivity index (χ1v) is 5.56. The van der Waals surface area contributed by atoms with Gasteiger partial charge in [-0.05, 0) is 31.7 Å². The summed E-state index contributed by atoms with van der Waals surface area (Å²) in [6.07, 6.45) is 1.31. The highest BCUT2D eigenvalue weighted by Gasteiger charge is 2.34. The summed E-state index contributed by atoms with van der Waals surface area (Å²) >= 11 is 5.77. The molecule has 0 saturated heterocycles. The Morgan fingerprint density at radius 3 is 3.18 bits per heavy atom. The maximum absolute atomic E-state index is 12.4. The summed E-state index contributed by atoms with van der Waals surface area (Å²) in [5.41, 5.74) is 0.249. The molecule has 92 valence electrons. The second-order valence-electron chi connectivity index (χ2n) is 3.77. The minimum Gasteiger partial charge on any atom is -0.344 e. The fourth-order valence-electron chi connectivity index (χ4n) is 1.98. The van der Waals surface area contributed by atoms with E-state index in [1.807, 2.05) is 0 Å². The molecule has 0 bridgehead atoms. The van der Waals surface area contributed by atoms with Crippen molar-refractivity contribution in [2.45, 2.75) is 45.5 Å². The summed E-state index contributed by atoms with van der Waals surface area (Å²) in [5, 5.41) is -0.221. The van der Waals surface area contributed by atoms with Crippen molar-refractivity contribution in [2.75, 3.05) is 4.90 Å². The van der Waals surface area contributed by atoms with Crippen LogP contribution in [0.5, 0.6) is 0 Å². The Labute approximate surface area is 116 Å². The molecule has 1 aromatic heterocycles. The molecule has 1 aromatic rings. The van der Waals surface area contributed by atoms with Gasteiger partial charge < -0.3 is 4.90 Å². The number of ketones is 1. The van der Waals surface area contributed by atoms with Gasteiger partial charge in [-0.15, -0.1) is 0 Å². The second kappa shape index (κ2) is 4.61. The van der Waals surface area contributed by atoms with Gasteiger partial charge in [-0.25, -0.2) is 9.97 Å². The van der Waals surface area contributed by atoms with Crippen molar-refractivity contribution in [2.24, 2.45) is 0 Å². The molecule has 0 saturated carbocycles. The first-order valence-electron chi connectivity index (χ1n) is 8.68. The minimum atomic E-state index is -3.22. The molecule has 2 rings (SSSR count). The summed E-state index contributed by atoms with van der Waals surface area (Å²) in [6.45, 7) is -4.83. The van der Waals surface area contributed by atoms with E-state index in [0.29, 0.717) is 0 Å². The zero-order valence-electron chi connectivity index (χ0n) is 16.2. The van der Waals surface area contributed by atoms with Gasteiger partial charge in [0.05, 0.1) is 7.41 Å². The second-order valence-corrected chi connectivity index (χ2v) is 4.11. The number of carbonyl (C=O) groups excluding carboxylic acids is 1. The third-order valence-corrected chi connectivity index (χ3v) is 2.90. The smallest absolute Gasteiger partial charge is 0.224 e. The Bertz CT molecular complexity index is 647. The van der Waals surface area contributed by atoms with Crippen molar-refractivity contribution < 1.29 is 14.4 Å². The molecule has 0 aromatic carbocycles. The normalized spacial score (nSPS) is 27.9. The van der Waals surface area contributed by atoms with Crippen LogP contribution >= 0.6 is 11.6 Å². The highest BCUT2D eigenvalue weighted by atomic mass is 35.5. The van der Waals surface area contributed by atoms with E-state index in [0.717, 1.165) is 4.90 Å². The molecule has 0 amide bonds. The molecule has 0 N–H and O–H groups in total. The number of fused-ring (bicyclic) bond motifs is 1. The molecule has 0 aliphatic carbocycles. The lowest BCUT2D eigenvalue weighted by molar-refractivity contribution is -0.120. The molecule has 0 radical (unpaired) electrons. The number of anilines is 1. The molecule has 1 atom stereocenters. The summed E-state index contributed by atoms with van der Waals surface area (Å²) in [4.78, 5) is 20.9. The molecule has 4 nitrogen and oxygen atoms in total. The van der Waals surface area contributed by atoms with Crippen molar-refractivity contribution in [3.63, 3.8) is 0 Å². The van der Waals surface area contributed by atoms with Crippen molar-refractivity contribution in [3.05, 3.63) is 17.0 Å². The number of hydrogen-bond donors (Lipinski definition) is 0. The molecule has 0 unspecified atom stereocenters. The van der Waals surface area contributed by atoms with E-state index in [-0.39, 0.29) is 35.3 Å². The van der Waals surface area contributed by atoms with Gasteiger partial charge in [0.1, 0.15) is 5.82 Å². The zero-order valence-corrected chi connectivity index (χ0v) is 9.95. The fraction of sp³-hybridized carbons (Fsp3) is 0.583. The van der Waals surface area contributed by atoms with Crippen LogP contribution in [0.3, 0.4) is 0 Å². The van der Waals surface area contributed by atoms with E-state index in [2.05, 4.69) is 9.97 Å². The van der Waals surface area contributed by atoms with Crippen LogP contribution in [-0.4, -0.2) is 27.8 Å². The number of aromatic nitrogens is 2. The van der Waals surface area contributed by atoms with Gasteiger partial charge in [-0.2, -0.15) is 0 Å². The lowest BCUT2D eigenvalue weighted by Gasteiger charge is -2.39. The quantitative estimate of drug-likeness (QED) is 0.766. The predicted octanol–water partition coefficient (Wildman–Crippen LogP) is 2.25. The maximum Gasteiger partial charge on any atom is 0.224 e. The first-order chi connectivity index (χ1) is 10.8. The topological polar surface area (TPSA) is 46.1 Å². The summed E-state index contributed by atoms with van der Waals surface area (Å²) < 4.78 is 54.3. The molecule has 5 heteroatoms. The van der Waals surface area contributed by atoms with E-state index >= 15 is 0 Å². The van der Waals surface area contributed by atoms with Gasteiger partial charge in [-0.1, -0.05) is 6.92 Å². The van der Waals surface area contributed by atoms with Crippen LogP contribution in [0.1, 0.15) is 42.2 Å². The monoisotopic (exact) mass is 260 g/mol. The highest BCUT2D eigenvalue weighted by Crippen LogP contribution is 2.30. The summed E-state index contributed by atoms with van der Waals surface area (Å²) in [5.74, 6) is -0.482. The molecule has 0 fully saturated rings. The van der Waals surface area contributed by atoms with Crippen molar-refractivity contribution in [1.29, 1.82) is 0 Å². The highest BCUT2D eigenvalue weighted by molar-refractivity contribution is 6.28. The first kappa shape index (κ1) is 6.14. The van der Waals surface area contributed by atoms with Crippen LogP contribution in [0.4, 0.5) is 5.82 Å². The van der Waals surface area contributed by atoms with E-state index < -0.39 is 25.8 Å². The maximum atomic E-state index is 12.4. The number of hydrogen-bond acceptors (Lipinski definition) is 4. The van der Waals surface area contributed by atoms with Gasteiger partial charge >= 0.3 is 0 Å². The van der Waals surface area contributed by atoms with Crippen LogP contribution in [0.2, 0.25) is 5.28 Å². The minimum absolute atomic E-state index is 0.0699. The third-order valence-electron chi connectivity index (χ3n) is 2.72. The van der Waals surface area contributed by atoms with E-state index in [1.54, 1.807) is 6.92 Å². The van der Waals surface area contributed by atoms with Gasteiger partial charge in [-0.3, -0.25) is 4.79 Å². The van der Waals surface area contributed by atoms with Crippen LogP contribution < -0.4 is 4.90 Å². The molecular weight excluding hydrogens is 238 g/mol. The summed E-state index contributed by atoms with van der Waals surface area (Å²) in [7, 11) is 0. The standard InChI is InChI=1S/C12H16ClN3O/c1-4-9-10(17)5-8-6-14-12(13)15-11(8)16(9)7(2)3/h6-7,9H,4-5H2,1-3H3/t9-/m1/s1/i2D3,3D3,7D. The van der Waals surface area contributed by atoms with Gasteiger partial charge in [0.25, 0.3) is 0 Å². The predicted molar refractivity (Wildman–Crippen MR) is 67.4 cm³/mol. The Morgan fingerprint density at radius 1 is 1.76 bits per heavy atom. The molecular formula is C12H16ClN3O. The van der Waals surface area contributed by atoms with E-state index in [4.69, 9.17) is 21.2 Å². The zero-order chi connectivity index (χ0) is 18.5. The fourth-order valence-corrected chi connectivity index (χ4v) is 2.11. The van der Waals surface area contributed by atoms with Crippen molar-refractivity contribution >= 4 is 23.2 Å². The van der Waals surface area contributed by atoms with Crippen molar-refractivity contribution in [1.82, 2.24) is 9.97 Å². The van der Waals surface area contributed by atoms with Gasteiger partial charge in [0, 0.05) is 32.4 Å². The lowest BCUT2D eigenvalue weighted by Crippen LogP contribution is -2.49. The van der Waals surface area contributed by atoms with Crippen molar-refractivity contribution in [3.8, 4) is 0 Å². The molecule has 0 spiro atoms. The Kier molecular flexibility index (Phi) is 1.66. The number of carbonyl (C=O) groups is 1. The Hall–Kier alpha value is -1.16. The van der Waals surface area contributed by atoms with Crippen LogP contribution in [-0.2, 0) is 11.2 Å². The molecule has 1 aliphatic heterocycles. The summed E-state index contributed by atoms with van der Waals surface area (Å²) in [6, 6.07) is -4.15. The molecule has 1 aliphatic rings. The van der Waals surface area contributed by atoms with Crippen LogP contribution in [0, 0.1) is 0 Å². The number of Topliss-reactive ketones (excluding diaryl/α,β-unsaturated/α-hetero) is 1. The number of halogens is 1. The lowest BCUT2D eigenvalue weighted by atomic mass is 9.95. The average molecular weight is 261 g/mol. The van der Waals surface area contributed by atoms with Gasteiger partial charge in [0.2, 0.25) is 5.28 Å². The number of nitrogens with zero attached hydrogens (tertiary/aromatic N) is 3. The Morgan fingerprint density at radius 2 is 2.53 bits per heavy atom. The molecule has 2 heterocycles.